The van der Waals surface area contributed by atoms with Crippen LogP contribution in [0.5, 0.6) is 5.75 Å². The SMILES string of the molecule is Oc1ccc(CNCCn2ccnc2)cc1Cl. The van der Waals surface area contributed by atoms with Crippen LogP contribution in [0.4, 0.5) is 0 Å². The van der Waals surface area contributed by atoms with Crippen molar-refractivity contribution < 1.29 is 5.11 Å². The predicted molar refractivity (Wildman–Crippen MR) is 67.1 cm³/mol. The molecule has 0 amide bonds. The van der Waals surface area contributed by atoms with Gasteiger partial charge in [0, 0.05) is 32.0 Å². The van der Waals surface area contributed by atoms with Crippen molar-refractivity contribution in [3.8, 4) is 5.75 Å². The Labute approximate surface area is 105 Å². The van der Waals surface area contributed by atoms with E-state index in [0.717, 1.165) is 25.2 Å². The van der Waals surface area contributed by atoms with Gasteiger partial charge in [-0.25, -0.2) is 4.98 Å². The molecule has 0 aliphatic rings. The number of aromatic nitrogens is 2. The molecule has 0 spiro atoms. The molecule has 90 valence electrons. The van der Waals surface area contributed by atoms with Crippen molar-refractivity contribution in [1.29, 1.82) is 0 Å². The number of rotatable bonds is 5. The first-order chi connectivity index (χ1) is 8.25. The molecule has 0 fully saturated rings. The summed E-state index contributed by atoms with van der Waals surface area (Å²) < 4.78 is 2.01. The van der Waals surface area contributed by atoms with Crippen LogP contribution in [0.3, 0.4) is 0 Å². The topological polar surface area (TPSA) is 50.1 Å². The van der Waals surface area contributed by atoms with Crippen LogP contribution in [0.2, 0.25) is 5.02 Å². The molecule has 0 aliphatic heterocycles. The highest BCUT2D eigenvalue weighted by atomic mass is 35.5. The molecule has 0 bridgehead atoms. The maximum Gasteiger partial charge on any atom is 0.134 e. The molecule has 2 rings (SSSR count). The van der Waals surface area contributed by atoms with Gasteiger partial charge in [-0.05, 0) is 17.7 Å². The first-order valence-corrected chi connectivity index (χ1v) is 5.77. The van der Waals surface area contributed by atoms with E-state index in [1.807, 2.05) is 16.8 Å². The number of hydrogen-bond donors (Lipinski definition) is 2. The Morgan fingerprint density at radius 2 is 2.29 bits per heavy atom. The fourth-order valence-corrected chi connectivity index (χ4v) is 1.72. The number of hydrogen-bond acceptors (Lipinski definition) is 3. The second-order valence-corrected chi connectivity index (χ2v) is 4.17. The van der Waals surface area contributed by atoms with Crippen LogP contribution in [0.25, 0.3) is 0 Å². The largest absolute Gasteiger partial charge is 0.506 e. The lowest BCUT2D eigenvalue weighted by molar-refractivity contribution is 0.475. The minimum Gasteiger partial charge on any atom is -0.506 e. The van der Waals surface area contributed by atoms with E-state index in [4.69, 9.17) is 11.6 Å². The zero-order chi connectivity index (χ0) is 12.1. The standard InChI is InChI=1S/C12H14ClN3O/c13-11-7-10(1-2-12(11)17)8-14-3-5-16-6-4-15-9-16/h1-2,4,6-7,9,14,17H,3,5,8H2. The normalized spacial score (nSPS) is 10.6. The second-order valence-electron chi connectivity index (χ2n) is 3.76. The highest BCUT2D eigenvalue weighted by Crippen LogP contribution is 2.23. The van der Waals surface area contributed by atoms with Crippen molar-refractivity contribution in [3.05, 3.63) is 47.5 Å². The van der Waals surface area contributed by atoms with E-state index >= 15 is 0 Å². The summed E-state index contributed by atoms with van der Waals surface area (Å²) in [6, 6.07) is 5.22. The Balaban J connectivity index is 1.76. The Kier molecular flexibility index (Phi) is 4.01. The fourth-order valence-electron chi connectivity index (χ4n) is 1.52. The highest BCUT2D eigenvalue weighted by Gasteiger charge is 1.99. The molecule has 0 aliphatic carbocycles. The summed E-state index contributed by atoms with van der Waals surface area (Å²) in [4.78, 5) is 3.97. The van der Waals surface area contributed by atoms with Gasteiger partial charge < -0.3 is 15.0 Å². The lowest BCUT2D eigenvalue weighted by atomic mass is 10.2. The summed E-state index contributed by atoms with van der Waals surface area (Å²) >= 11 is 5.82. The molecule has 0 saturated carbocycles. The van der Waals surface area contributed by atoms with Crippen molar-refractivity contribution in [2.45, 2.75) is 13.1 Å². The Hall–Kier alpha value is -1.52. The monoisotopic (exact) mass is 251 g/mol. The minimum atomic E-state index is 0.119. The number of phenolic OH excluding ortho intramolecular Hbond substituents is 1. The third kappa shape index (κ3) is 3.47. The number of benzene rings is 1. The number of aromatic hydroxyl groups is 1. The zero-order valence-corrected chi connectivity index (χ0v) is 10.1. The van der Waals surface area contributed by atoms with Crippen molar-refractivity contribution in [3.63, 3.8) is 0 Å². The van der Waals surface area contributed by atoms with E-state index in [0.29, 0.717) is 5.02 Å². The average molecular weight is 252 g/mol. The molecule has 0 unspecified atom stereocenters. The van der Waals surface area contributed by atoms with Crippen molar-refractivity contribution in [1.82, 2.24) is 14.9 Å². The maximum atomic E-state index is 9.28. The molecule has 4 nitrogen and oxygen atoms in total. The molecule has 0 saturated heterocycles. The van der Waals surface area contributed by atoms with Crippen molar-refractivity contribution in [2.24, 2.45) is 0 Å². The van der Waals surface area contributed by atoms with Gasteiger partial charge in [0.05, 0.1) is 11.3 Å². The third-order valence-corrected chi connectivity index (χ3v) is 2.75. The quantitative estimate of drug-likeness (QED) is 0.800. The molecule has 0 atom stereocenters. The first kappa shape index (κ1) is 12.0. The summed E-state index contributed by atoms with van der Waals surface area (Å²) in [6.07, 6.45) is 5.48. The molecule has 0 radical (unpaired) electrons. The number of imidazole rings is 1. The maximum absolute atomic E-state index is 9.28. The van der Waals surface area contributed by atoms with Gasteiger partial charge in [0.2, 0.25) is 0 Å². The van der Waals surface area contributed by atoms with E-state index < -0.39 is 0 Å². The third-order valence-electron chi connectivity index (χ3n) is 2.45. The van der Waals surface area contributed by atoms with Gasteiger partial charge in [-0.15, -0.1) is 0 Å². The van der Waals surface area contributed by atoms with Gasteiger partial charge in [0.15, 0.2) is 0 Å². The van der Waals surface area contributed by atoms with Crippen LogP contribution in [-0.4, -0.2) is 21.2 Å². The molecule has 1 heterocycles. The van der Waals surface area contributed by atoms with Crippen molar-refractivity contribution >= 4 is 11.6 Å². The van der Waals surface area contributed by atoms with Gasteiger partial charge in [0.1, 0.15) is 5.75 Å². The number of phenols is 1. The summed E-state index contributed by atoms with van der Waals surface area (Å²) in [5.41, 5.74) is 1.05. The second kappa shape index (κ2) is 5.70. The molecule has 2 aromatic rings. The number of nitrogens with zero attached hydrogens (tertiary/aromatic N) is 2. The molecule has 1 aromatic heterocycles. The molecule has 5 heteroatoms. The highest BCUT2D eigenvalue weighted by molar-refractivity contribution is 6.32. The summed E-state index contributed by atoms with van der Waals surface area (Å²) in [5.74, 6) is 0.119. The molecular formula is C12H14ClN3O. The minimum absolute atomic E-state index is 0.119. The van der Waals surface area contributed by atoms with Crippen LogP contribution in [0.1, 0.15) is 5.56 Å². The van der Waals surface area contributed by atoms with Crippen molar-refractivity contribution in [2.75, 3.05) is 6.54 Å². The Morgan fingerprint density at radius 3 is 3.00 bits per heavy atom. The van der Waals surface area contributed by atoms with Gasteiger partial charge in [0.25, 0.3) is 0 Å². The summed E-state index contributed by atoms with van der Waals surface area (Å²) in [7, 11) is 0. The Morgan fingerprint density at radius 1 is 1.41 bits per heavy atom. The molecule has 17 heavy (non-hydrogen) atoms. The number of halogens is 1. The molecule has 2 N–H and O–H groups in total. The van der Waals surface area contributed by atoms with E-state index in [1.54, 1.807) is 24.7 Å². The van der Waals surface area contributed by atoms with Gasteiger partial charge in [-0.1, -0.05) is 17.7 Å². The average Bonchev–Trinajstić information content (AvgIpc) is 2.82. The van der Waals surface area contributed by atoms with Crippen LogP contribution in [0.15, 0.2) is 36.9 Å². The smallest absolute Gasteiger partial charge is 0.134 e. The van der Waals surface area contributed by atoms with Crippen LogP contribution < -0.4 is 5.32 Å². The predicted octanol–water partition coefficient (Wildman–Crippen LogP) is 2.03. The Bertz CT molecular complexity index is 471. The van der Waals surface area contributed by atoms with E-state index in [2.05, 4.69) is 10.3 Å². The summed E-state index contributed by atoms with van der Waals surface area (Å²) in [6.45, 7) is 2.47. The van der Waals surface area contributed by atoms with Crippen LogP contribution >= 0.6 is 11.6 Å². The van der Waals surface area contributed by atoms with Crippen LogP contribution in [-0.2, 0) is 13.1 Å². The fraction of sp³-hybridized carbons (Fsp3) is 0.250. The van der Waals surface area contributed by atoms with Gasteiger partial charge in [-0.2, -0.15) is 0 Å². The van der Waals surface area contributed by atoms with E-state index in [9.17, 15) is 5.11 Å². The van der Waals surface area contributed by atoms with E-state index in [-0.39, 0.29) is 5.75 Å². The molecular weight excluding hydrogens is 238 g/mol. The first-order valence-electron chi connectivity index (χ1n) is 5.39. The lowest BCUT2D eigenvalue weighted by Crippen LogP contribution is -2.18. The van der Waals surface area contributed by atoms with Gasteiger partial charge in [-0.3, -0.25) is 0 Å². The van der Waals surface area contributed by atoms with E-state index in [1.165, 1.54) is 0 Å². The van der Waals surface area contributed by atoms with Crippen LogP contribution in [0, 0.1) is 0 Å². The number of nitrogens with one attached hydrogen (secondary N) is 1. The molecule has 1 aromatic carbocycles. The summed E-state index contributed by atoms with van der Waals surface area (Å²) in [5, 5.41) is 13.0. The lowest BCUT2D eigenvalue weighted by Gasteiger charge is -2.06. The van der Waals surface area contributed by atoms with Gasteiger partial charge >= 0.3 is 0 Å². The zero-order valence-electron chi connectivity index (χ0n) is 9.31.